The van der Waals surface area contributed by atoms with E-state index in [9.17, 15) is 4.79 Å². The minimum Gasteiger partial charge on any atom is -0.379 e. The summed E-state index contributed by atoms with van der Waals surface area (Å²) >= 11 is 3.40. The van der Waals surface area contributed by atoms with Crippen LogP contribution in [-0.4, -0.2) is 54.4 Å². The Hall–Kier alpha value is -0.850. The van der Waals surface area contributed by atoms with Gasteiger partial charge in [-0.25, -0.2) is 0 Å². The van der Waals surface area contributed by atoms with E-state index in [1.165, 1.54) is 0 Å². The average Bonchev–Trinajstić information content (AvgIpc) is 2.82. The summed E-state index contributed by atoms with van der Waals surface area (Å²) in [5.74, 6) is 0.0935. The monoisotopic (exact) mass is 358 g/mol. The van der Waals surface area contributed by atoms with Crippen LogP contribution in [0.2, 0.25) is 0 Å². The topological polar surface area (TPSA) is 43.7 Å². The molecule has 1 aromatic rings. The summed E-state index contributed by atoms with van der Waals surface area (Å²) in [7, 11) is 1.89. The van der Waals surface area contributed by atoms with E-state index in [-0.39, 0.29) is 12.0 Å². The Bertz CT molecular complexity index is 467. The van der Waals surface area contributed by atoms with Gasteiger partial charge in [0.05, 0.1) is 19.3 Å². The van der Waals surface area contributed by atoms with Crippen LogP contribution >= 0.6 is 15.9 Å². The zero-order chi connectivity index (χ0) is 15.2. The number of piperidine rings is 1. The van der Waals surface area contributed by atoms with Gasteiger partial charge >= 0.3 is 0 Å². The number of aromatic nitrogens is 1. The van der Waals surface area contributed by atoms with Gasteiger partial charge in [0.15, 0.2) is 0 Å². The van der Waals surface area contributed by atoms with Crippen molar-refractivity contribution in [2.75, 3.05) is 32.9 Å². The van der Waals surface area contributed by atoms with Gasteiger partial charge in [0.25, 0.3) is 5.91 Å². The number of hydrogen-bond acceptors (Lipinski definition) is 3. The van der Waals surface area contributed by atoms with Gasteiger partial charge in [-0.2, -0.15) is 0 Å². The molecular weight excluding hydrogens is 336 g/mol. The van der Waals surface area contributed by atoms with Crippen molar-refractivity contribution in [3.63, 3.8) is 0 Å². The van der Waals surface area contributed by atoms with E-state index < -0.39 is 0 Å². The standard InChI is InChI=1S/C15H23BrN2O3/c1-3-20-8-9-21-13-4-6-18(7-5-13)15(19)14-10-12(16)11-17(14)2/h10-11,13H,3-9H2,1-2H3. The predicted molar refractivity (Wildman–Crippen MR) is 84.5 cm³/mol. The molecule has 0 N–H and O–H groups in total. The molecule has 1 aromatic heterocycles. The van der Waals surface area contributed by atoms with Crippen LogP contribution in [0.4, 0.5) is 0 Å². The summed E-state index contributed by atoms with van der Waals surface area (Å²) in [5, 5.41) is 0. The maximum atomic E-state index is 12.5. The molecule has 1 fully saturated rings. The van der Waals surface area contributed by atoms with Gasteiger partial charge in [-0.15, -0.1) is 0 Å². The third-order valence-corrected chi connectivity index (χ3v) is 4.14. The number of amides is 1. The first-order valence-corrected chi connectivity index (χ1v) is 8.21. The molecule has 21 heavy (non-hydrogen) atoms. The van der Waals surface area contributed by atoms with E-state index in [1.54, 1.807) is 0 Å². The lowest BCUT2D eigenvalue weighted by atomic mass is 10.1. The summed E-state index contributed by atoms with van der Waals surface area (Å²) < 4.78 is 13.8. The van der Waals surface area contributed by atoms with E-state index in [1.807, 2.05) is 35.7 Å². The van der Waals surface area contributed by atoms with Crippen LogP contribution in [0.15, 0.2) is 16.7 Å². The molecule has 0 aromatic carbocycles. The number of nitrogens with zero attached hydrogens (tertiary/aromatic N) is 2. The Morgan fingerprint density at radius 3 is 2.67 bits per heavy atom. The first kappa shape index (κ1) is 16.5. The molecule has 2 heterocycles. The van der Waals surface area contributed by atoms with E-state index in [0.29, 0.717) is 13.2 Å². The quantitative estimate of drug-likeness (QED) is 0.733. The second-order valence-corrected chi connectivity index (χ2v) is 6.13. The van der Waals surface area contributed by atoms with Crippen LogP contribution in [-0.2, 0) is 16.5 Å². The summed E-state index contributed by atoms with van der Waals surface area (Å²) in [4.78, 5) is 14.4. The van der Waals surface area contributed by atoms with Crippen molar-refractivity contribution >= 4 is 21.8 Å². The normalized spacial score (nSPS) is 16.4. The van der Waals surface area contributed by atoms with Crippen molar-refractivity contribution in [2.45, 2.75) is 25.9 Å². The minimum atomic E-state index is 0.0935. The molecular formula is C15H23BrN2O3. The predicted octanol–water partition coefficient (Wildman–Crippen LogP) is 2.45. The lowest BCUT2D eigenvalue weighted by Gasteiger charge is -2.32. The van der Waals surface area contributed by atoms with Crippen LogP contribution in [0.1, 0.15) is 30.3 Å². The van der Waals surface area contributed by atoms with Gasteiger partial charge in [0, 0.05) is 37.4 Å². The molecule has 1 saturated heterocycles. The number of likely N-dealkylation sites (tertiary alicyclic amines) is 1. The highest BCUT2D eigenvalue weighted by Gasteiger charge is 2.25. The number of halogens is 1. The lowest BCUT2D eigenvalue weighted by Crippen LogP contribution is -2.41. The SMILES string of the molecule is CCOCCOC1CCN(C(=O)c2cc(Br)cn2C)CC1. The van der Waals surface area contributed by atoms with E-state index >= 15 is 0 Å². The maximum absolute atomic E-state index is 12.5. The summed E-state index contributed by atoms with van der Waals surface area (Å²) in [6.07, 6.45) is 3.93. The zero-order valence-electron chi connectivity index (χ0n) is 12.7. The van der Waals surface area contributed by atoms with Crippen molar-refractivity contribution in [1.29, 1.82) is 0 Å². The van der Waals surface area contributed by atoms with Gasteiger partial charge < -0.3 is 18.9 Å². The van der Waals surface area contributed by atoms with Crippen LogP contribution in [0, 0.1) is 0 Å². The summed E-state index contributed by atoms with van der Waals surface area (Å²) in [5.41, 5.74) is 0.720. The molecule has 6 heteroatoms. The van der Waals surface area contributed by atoms with E-state index in [2.05, 4.69) is 15.9 Å². The third-order valence-electron chi connectivity index (χ3n) is 3.71. The molecule has 0 bridgehead atoms. The second-order valence-electron chi connectivity index (χ2n) is 5.21. The van der Waals surface area contributed by atoms with Gasteiger partial charge in [0.2, 0.25) is 0 Å². The molecule has 5 nitrogen and oxygen atoms in total. The molecule has 118 valence electrons. The van der Waals surface area contributed by atoms with Crippen molar-refractivity contribution in [2.24, 2.45) is 7.05 Å². The number of ether oxygens (including phenoxy) is 2. The fourth-order valence-corrected chi connectivity index (χ4v) is 3.07. The molecule has 1 amide bonds. The number of carbonyl (C=O) groups is 1. The molecule has 0 radical (unpaired) electrons. The smallest absolute Gasteiger partial charge is 0.270 e. The fourth-order valence-electron chi connectivity index (χ4n) is 2.54. The number of aryl methyl sites for hydroxylation is 1. The second kappa shape index (κ2) is 7.96. The Morgan fingerprint density at radius 2 is 2.10 bits per heavy atom. The summed E-state index contributed by atoms with van der Waals surface area (Å²) in [6, 6.07) is 1.87. The summed E-state index contributed by atoms with van der Waals surface area (Å²) in [6.45, 7) is 5.49. The molecule has 1 aliphatic rings. The van der Waals surface area contributed by atoms with Crippen LogP contribution in [0.25, 0.3) is 0 Å². The van der Waals surface area contributed by atoms with Gasteiger partial charge in [-0.3, -0.25) is 4.79 Å². The molecule has 1 aliphatic heterocycles. The molecule has 0 spiro atoms. The van der Waals surface area contributed by atoms with Crippen molar-refractivity contribution in [1.82, 2.24) is 9.47 Å². The molecule has 0 aliphatic carbocycles. The van der Waals surface area contributed by atoms with Crippen LogP contribution in [0.3, 0.4) is 0 Å². The van der Waals surface area contributed by atoms with E-state index in [0.717, 1.165) is 42.7 Å². The van der Waals surface area contributed by atoms with Crippen molar-refractivity contribution in [3.05, 3.63) is 22.4 Å². The highest BCUT2D eigenvalue weighted by molar-refractivity contribution is 9.10. The largest absolute Gasteiger partial charge is 0.379 e. The molecule has 0 atom stereocenters. The number of rotatable bonds is 6. The first-order chi connectivity index (χ1) is 10.1. The minimum absolute atomic E-state index is 0.0935. The Kier molecular flexibility index (Phi) is 6.26. The maximum Gasteiger partial charge on any atom is 0.270 e. The highest BCUT2D eigenvalue weighted by atomic mass is 79.9. The third kappa shape index (κ3) is 4.56. The fraction of sp³-hybridized carbons (Fsp3) is 0.667. The number of hydrogen-bond donors (Lipinski definition) is 0. The zero-order valence-corrected chi connectivity index (χ0v) is 14.3. The van der Waals surface area contributed by atoms with Crippen molar-refractivity contribution in [3.8, 4) is 0 Å². The molecule has 2 rings (SSSR count). The number of carbonyl (C=O) groups excluding carboxylic acids is 1. The molecule has 0 saturated carbocycles. The Labute approximate surface area is 134 Å². The van der Waals surface area contributed by atoms with Crippen LogP contribution < -0.4 is 0 Å². The van der Waals surface area contributed by atoms with E-state index in [4.69, 9.17) is 9.47 Å². The Morgan fingerprint density at radius 1 is 1.38 bits per heavy atom. The first-order valence-electron chi connectivity index (χ1n) is 7.42. The van der Waals surface area contributed by atoms with Gasteiger partial charge in [-0.05, 0) is 41.8 Å². The lowest BCUT2D eigenvalue weighted by molar-refractivity contribution is -0.0183. The molecule has 0 unspecified atom stereocenters. The Balaban J connectivity index is 1.78. The highest BCUT2D eigenvalue weighted by Crippen LogP contribution is 2.19. The van der Waals surface area contributed by atoms with Gasteiger partial charge in [-0.1, -0.05) is 0 Å². The average molecular weight is 359 g/mol. The van der Waals surface area contributed by atoms with Crippen molar-refractivity contribution < 1.29 is 14.3 Å². The van der Waals surface area contributed by atoms with Crippen LogP contribution in [0.5, 0.6) is 0 Å². The van der Waals surface area contributed by atoms with Gasteiger partial charge in [0.1, 0.15) is 5.69 Å².